The highest BCUT2D eigenvalue weighted by Gasteiger charge is 2.20. The Kier molecular flexibility index (Phi) is 5.56. The maximum absolute atomic E-state index is 14.0. The summed E-state index contributed by atoms with van der Waals surface area (Å²) in [6.45, 7) is 0.772. The Morgan fingerprint density at radius 1 is 1.10 bits per heavy atom. The molecule has 1 N–H and O–H groups in total. The van der Waals surface area contributed by atoms with Crippen LogP contribution in [0, 0.1) is 5.82 Å². The molecular formula is C16H16ClFO3. The molecule has 0 saturated heterocycles. The zero-order valence-corrected chi connectivity index (χ0v) is 12.3. The van der Waals surface area contributed by atoms with Crippen molar-refractivity contribution in [2.24, 2.45) is 0 Å². The molecule has 3 nitrogen and oxygen atoms in total. The van der Waals surface area contributed by atoms with Gasteiger partial charge in [-0.05, 0) is 12.1 Å². The molecule has 0 aliphatic rings. The van der Waals surface area contributed by atoms with Crippen LogP contribution < -0.4 is 4.74 Å². The first kappa shape index (κ1) is 15.8. The Labute approximate surface area is 127 Å². The van der Waals surface area contributed by atoms with E-state index in [2.05, 4.69) is 0 Å². The molecule has 0 bridgehead atoms. The predicted molar refractivity (Wildman–Crippen MR) is 79.3 cm³/mol. The van der Waals surface area contributed by atoms with E-state index in [0.717, 1.165) is 0 Å². The number of rotatable bonds is 6. The normalized spacial score (nSPS) is 12.2. The van der Waals surface area contributed by atoms with Crippen molar-refractivity contribution in [1.82, 2.24) is 0 Å². The van der Waals surface area contributed by atoms with E-state index in [0.29, 0.717) is 24.5 Å². The molecule has 112 valence electrons. The van der Waals surface area contributed by atoms with Crippen molar-refractivity contribution in [3.05, 3.63) is 64.4 Å². The van der Waals surface area contributed by atoms with Gasteiger partial charge in [-0.25, -0.2) is 4.39 Å². The van der Waals surface area contributed by atoms with Crippen molar-refractivity contribution < 1.29 is 19.0 Å². The highest BCUT2D eigenvalue weighted by atomic mass is 35.5. The number of ether oxygens (including phenoxy) is 2. The van der Waals surface area contributed by atoms with Gasteiger partial charge in [0.2, 0.25) is 0 Å². The monoisotopic (exact) mass is 310 g/mol. The zero-order chi connectivity index (χ0) is 15.2. The Balaban J connectivity index is 2.30. The van der Waals surface area contributed by atoms with Crippen LogP contribution in [-0.4, -0.2) is 25.4 Å². The Morgan fingerprint density at radius 3 is 2.57 bits per heavy atom. The van der Waals surface area contributed by atoms with Crippen molar-refractivity contribution in [2.45, 2.75) is 6.10 Å². The van der Waals surface area contributed by atoms with Crippen molar-refractivity contribution in [2.75, 3.05) is 20.3 Å². The van der Waals surface area contributed by atoms with E-state index in [1.807, 2.05) is 0 Å². The largest absolute Gasteiger partial charge is 0.491 e. The van der Waals surface area contributed by atoms with Crippen molar-refractivity contribution in [1.29, 1.82) is 0 Å². The van der Waals surface area contributed by atoms with Gasteiger partial charge in [0.25, 0.3) is 0 Å². The second-order valence-electron chi connectivity index (χ2n) is 4.42. The van der Waals surface area contributed by atoms with E-state index in [1.165, 1.54) is 12.1 Å². The average Bonchev–Trinajstić information content (AvgIpc) is 2.50. The average molecular weight is 311 g/mol. The van der Waals surface area contributed by atoms with Crippen LogP contribution in [0.1, 0.15) is 17.2 Å². The maximum atomic E-state index is 14.0. The van der Waals surface area contributed by atoms with E-state index < -0.39 is 11.9 Å². The molecule has 2 aromatic rings. The minimum absolute atomic E-state index is 0.0238. The van der Waals surface area contributed by atoms with Gasteiger partial charge in [-0.3, -0.25) is 0 Å². The van der Waals surface area contributed by atoms with Crippen LogP contribution >= 0.6 is 11.6 Å². The standard InChI is InChI=1S/C16H16ClFO3/c1-20-9-10-21-14-8-3-2-5-11(14)16(19)12-6-4-7-13(17)15(12)18/h2-8,16,19H,9-10H2,1H3. The molecule has 0 aliphatic heterocycles. The van der Waals surface area contributed by atoms with Gasteiger partial charge < -0.3 is 14.6 Å². The minimum Gasteiger partial charge on any atom is -0.491 e. The van der Waals surface area contributed by atoms with E-state index in [1.54, 1.807) is 37.4 Å². The first-order valence-electron chi connectivity index (χ1n) is 6.47. The van der Waals surface area contributed by atoms with Gasteiger partial charge in [0.15, 0.2) is 0 Å². The minimum atomic E-state index is -1.15. The Bertz CT molecular complexity index is 604. The highest BCUT2D eigenvalue weighted by molar-refractivity contribution is 6.30. The summed E-state index contributed by atoms with van der Waals surface area (Å²) in [6.07, 6.45) is -1.15. The second kappa shape index (κ2) is 7.41. The summed E-state index contributed by atoms with van der Waals surface area (Å²) >= 11 is 5.75. The van der Waals surface area contributed by atoms with E-state index >= 15 is 0 Å². The third-order valence-electron chi connectivity index (χ3n) is 3.03. The van der Waals surface area contributed by atoms with Gasteiger partial charge in [0.05, 0.1) is 11.6 Å². The highest BCUT2D eigenvalue weighted by Crippen LogP contribution is 2.33. The molecule has 0 spiro atoms. The molecule has 0 amide bonds. The third-order valence-corrected chi connectivity index (χ3v) is 3.33. The summed E-state index contributed by atoms with van der Waals surface area (Å²) in [7, 11) is 1.57. The van der Waals surface area contributed by atoms with Crippen LogP contribution in [0.4, 0.5) is 4.39 Å². The fraction of sp³-hybridized carbons (Fsp3) is 0.250. The molecule has 0 saturated carbocycles. The molecule has 0 aliphatic carbocycles. The Hall–Kier alpha value is -1.62. The van der Waals surface area contributed by atoms with Crippen molar-refractivity contribution in [3.8, 4) is 5.75 Å². The lowest BCUT2D eigenvalue weighted by atomic mass is 10.00. The molecule has 5 heteroatoms. The molecule has 0 fully saturated rings. The first-order valence-corrected chi connectivity index (χ1v) is 6.85. The second-order valence-corrected chi connectivity index (χ2v) is 4.83. The van der Waals surface area contributed by atoms with Crippen LogP contribution in [0.15, 0.2) is 42.5 Å². The number of hydrogen-bond acceptors (Lipinski definition) is 3. The smallest absolute Gasteiger partial charge is 0.147 e. The molecule has 2 rings (SSSR count). The summed E-state index contributed by atoms with van der Waals surface area (Å²) < 4.78 is 24.5. The topological polar surface area (TPSA) is 38.7 Å². The summed E-state index contributed by atoms with van der Waals surface area (Å²) in [6, 6.07) is 11.5. The van der Waals surface area contributed by atoms with Gasteiger partial charge >= 0.3 is 0 Å². The van der Waals surface area contributed by atoms with Crippen LogP contribution in [0.2, 0.25) is 5.02 Å². The maximum Gasteiger partial charge on any atom is 0.147 e. The summed E-state index contributed by atoms with van der Waals surface area (Å²) in [5.74, 6) is -0.139. The van der Waals surface area contributed by atoms with Crippen LogP contribution in [0.3, 0.4) is 0 Å². The quantitative estimate of drug-likeness (QED) is 0.829. The number of methoxy groups -OCH3 is 1. The van der Waals surface area contributed by atoms with Gasteiger partial charge in [-0.2, -0.15) is 0 Å². The molecule has 0 aromatic heterocycles. The SMILES string of the molecule is COCCOc1ccccc1C(O)c1cccc(Cl)c1F. The molecule has 1 unspecified atom stereocenters. The van der Waals surface area contributed by atoms with Gasteiger partial charge in [0.1, 0.15) is 24.3 Å². The number of halogens is 2. The zero-order valence-electron chi connectivity index (χ0n) is 11.6. The third kappa shape index (κ3) is 3.73. The lowest BCUT2D eigenvalue weighted by Crippen LogP contribution is -2.09. The fourth-order valence-electron chi connectivity index (χ4n) is 1.97. The fourth-order valence-corrected chi connectivity index (χ4v) is 2.15. The van der Waals surface area contributed by atoms with Crippen molar-refractivity contribution >= 4 is 11.6 Å². The van der Waals surface area contributed by atoms with Crippen LogP contribution in [0.5, 0.6) is 5.75 Å². The van der Waals surface area contributed by atoms with Crippen LogP contribution in [-0.2, 0) is 4.74 Å². The number of aliphatic hydroxyl groups excluding tert-OH is 1. The van der Waals surface area contributed by atoms with E-state index in [9.17, 15) is 9.50 Å². The molecule has 0 heterocycles. The summed E-state index contributed by atoms with van der Waals surface area (Å²) in [5, 5.41) is 10.4. The van der Waals surface area contributed by atoms with E-state index in [-0.39, 0.29) is 10.6 Å². The molecule has 21 heavy (non-hydrogen) atoms. The number of hydrogen-bond donors (Lipinski definition) is 1. The Morgan fingerprint density at radius 2 is 1.81 bits per heavy atom. The van der Waals surface area contributed by atoms with Gasteiger partial charge in [-0.1, -0.05) is 41.9 Å². The first-order chi connectivity index (χ1) is 10.1. The van der Waals surface area contributed by atoms with Gasteiger partial charge in [0, 0.05) is 18.2 Å². The molecular weight excluding hydrogens is 295 g/mol. The number of aliphatic hydroxyl groups is 1. The molecule has 1 atom stereocenters. The van der Waals surface area contributed by atoms with E-state index in [4.69, 9.17) is 21.1 Å². The molecule has 2 aromatic carbocycles. The summed E-state index contributed by atoms with van der Waals surface area (Å²) in [4.78, 5) is 0. The number of benzene rings is 2. The van der Waals surface area contributed by atoms with Crippen LogP contribution in [0.25, 0.3) is 0 Å². The van der Waals surface area contributed by atoms with Gasteiger partial charge in [-0.15, -0.1) is 0 Å². The lowest BCUT2D eigenvalue weighted by molar-refractivity contribution is 0.142. The number of para-hydroxylation sites is 1. The van der Waals surface area contributed by atoms with Crippen molar-refractivity contribution in [3.63, 3.8) is 0 Å². The lowest BCUT2D eigenvalue weighted by Gasteiger charge is -2.17. The summed E-state index contributed by atoms with van der Waals surface area (Å²) in [5.41, 5.74) is 0.597. The predicted octanol–water partition coefficient (Wildman–Crippen LogP) is 3.59. The molecule has 0 radical (unpaired) electrons.